The van der Waals surface area contributed by atoms with Crippen LogP contribution in [0.3, 0.4) is 0 Å². The number of aliphatic hydroxyl groups excluding tert-OH is 1. The minimum atomic E-state index is -0.290. The van der Waals surface area contributed by atoms with Gasteiger partial charge in [-0.25, -0.2) is 0 Å². The molecule has 0 amide bonds. The fourth-order valence-corrected chi connectivity index (χ4v) is 3.71. The lowest BCUT2D eigenvalue weighted by molar-refractivity contribution is 0.0288. The molecule has 0 bridgehead atoms. The number of hydrogen-bond acceptors (Lipinski definition) is 5. The van der Waals surface area contributed by atoms with E-state index in [4.69, 9.17) is 9.47 Å². The first-order valence-corrected chi connectivity index (χ1v) is 10.7. The monoisotopic (exact) mass is 401 g/mol. The van der Waals surface area contributed by atoms with Gasteiger partial charge >= 0.3 is 0 Å². The summed E-state index contributed by atoms with van der Waals surface area (Å²) in [4.78, 5) is 4.82. The van der Waals surface area contributed by atoms with E-state index in [1.807, 2.05) is 19.1 Å². The molecule has 2 heterocycles. The Morgan fingerprint density at radius 3 is 2.79 bits per heavy atom. The Hall–Kier alpha value is -1.86. The van der Waals surface area contributed by atoms with Crippen molar-refractivity contribution in [3.05, 3.63) is 53.9 Å². The first-order valence-electron chi connectivity index (χ1n) is 10.7. The molecule has 1 aromatic carbocycles. The highest BCUT2D eigenvalue weighted by atomic mass is 16.5. The van der Waals surface area contributed by atoms with Gasteiger partial charge in [-0.3, -0.25) is 9.80 Å². The van der Waals surface area contributed by atoms with Crippen LogP contribution < -0.4 is 4.74 Å². The molecule has 1 aliphatic heterocycles. The summed E-state index contributed by atoms with van der Waals surface area (Å²) < 4.78 is 13.1. The van der Waals surface area contributed by atoms with Crippen LogP contribution in [0, 0.1) is 0 Å². The third kappa shape index (κ3) is 6.85. The van der Waals surface area contributed by atoms with Gasteiger partial charge in [0.1, 0.15) is 5.75 Å². The first kappa shape index (κ1) is 21.8. The third-order valence-corrected chi connectivity index (χ3v) is 5.57. The van der Waals surface area contributed by atoms with Crippen LogP contribution in [0.25, 0.3) is 0 Å². The zero-order valence-electron chi connectivity index (χ0n) is 17.8. The maximum Gasteiger partial charge on any atom is 0.119 e. The summed E-state index contributed by atoms with van der Waals surface area (Å²) in [6, 6.07) is 12.5. The van der Waals surface area contributed by atoms with Crippen LogP contribution >= 0.6 is 0 Å². The van der Waals surface area contributed by atoms with E-state index in [2.05, 4.69) is 44.8 Å². The van der Waals surface area contributed by atoms with Crippen molar-refractivity contribution in [2.24, 2.45) is 0 Å². The van der Waals surface area contributed by atoms with E-state index in [9.17, 15) is 5.11 Å². The highest BCUT2D eigenvalue weighted by molar-refractivity contribution is 5.29. The fourth-order valence-electron chi connectivity index (χ4n) is 3.71. The summed E-state index contributed by atoms with van der Waals surface area (Å²) in [5.41, 5.74) is 2.48. The van der Waals surface area contributed by atoms with Gasteiger partial charge in [0.25, 0.3) is 0 Å². The van der Waals surface area contributed by atoms with Gasteiger partial charge in [-0.15, -0.1) is 0 Å². The zero-order valence-corrected chi connectivity index (χ0v) is 17.8. The predicted molar refractivity (Wildman–Crippen MR) is 115 cm³/mol. The lowest BCUT2D eigenvalue weighted by atomic mass is 10.2. The van der Waals surface area contributed by atoms with E-state index in [0.717, 1.165) is 64.7 Å². The highest BCUT2D eigenvalue weighted by Crippen LogP contribution is 2.16. The predicted octanol–water partition coefficient (Wildman–Crippen LogP) is 2.45. The summed E-state index contributed by atoms with van der Waals surface area (Å²) in [6.07, 6.45) is 2.62. The average Bonchev–Trinajstić information content (AvgIpc) is 3.19. The van der Waals surface area contributed by atoms with Gasteiger partial charge in [0, 0.05) is 57.7 Å². The fraction of sp³-hybridized carbons (Fsp3) is 0.565. The van der Waals surface area contributed by atoms with Crippen LogP contribution in [0.4, 0.5) is 0 Å². The Kier molecular flexibility index (Phi) is 8.55. The lowest BCUT2D eigenvalue weighted by Crippen LogP contribution is -2.43. The molecule has 6 heteroatoms. The Morgan fingerprint density at radius 2 is 2.03 bits per heavy atom. The van der Waals surface area contributed by atoms with Crippen molar-refractivity contribution in [2.45, 2.75) is 32.5 Å². The number of nitrogens with zero attached hydrogens (tertiary/aromatic N) is 3. The lowest BCUT2D eigenvalue weighted by Gasteiger charge is -2.31. The van der Waals surface area contributed by atoms with Crippen LogP contribution in [0.15, 0.2) is 42.6 Å². The molecule has 0 radical (unpaired) electrons. The molecule has 1 unspecified atom stereocenters. The van der Waals surface area contributed by atoms with Gasteiger partial charge in [-0.1, -0.05) is 19.1 Å². The van der Waals surface area contributed by atoms with Crippen molar-refractivity contribution < 1.29 is 14.6 Å². The zero-order chi connectivity index (χ0) is 20.5. The quantitative estimate of drug-likeness (QED) is 0.627. The SMILES string of the molecule is CCC(O)CN(CCN1CCOCC1)Cc1cccn1Cc1cccc(OC)c1. The second-order valence-electron chi connectivity index (χ2n) is 7.73. The summed E-state index contributed by atoms with van der Waals surface area (Å²) in [7, 11) is 1.70. The van der Waals surface area contributed by atoms with Crippen LogP contribution in [-0.2, 0) is 17.8 Å². The molecule has 160 valence electrons. The third-order valence-electron chi connectivity index (χ3n) is 5.57. The summed E-state index contributed by atoms with van der Waals surface area (Å²) >= 11 is 0. The molecule has 29 heavy (non-hydrogen) atoms. The maximum absolute atomic E-state index is 10.3. The van der Waals surface area contributed by atoms with E-state index in [0.29, 0.717) is 6.54 Å². The number of morpholine rings is 1. The Morgan fingerprint density at radius 1 is 1.21 bits per heavy atom. The maximum atomic E-state index is 10.3. The molecule has 0 aliphatic carbocycles. The van der Waals surface area contributed by atoms with Gasteiger partial charge in [-0.05, 0) is 36.2 Å². The topological polar surface area (TPSA) is 50.1 Å². The normalized spacial score (nSPS) is 16.3. The van der Waals surface area contributed by atoms with Gasteiger partial charge in [0.2, 0.25) is 0 Å². The average molecular weight is 402 g/mol. The van der Waals surface area contributed by atoms with Crippen molar-refractivity contribution in [3.63, 3.8) is 0 Å². The van der Waals surface area contributed by atoms with Gasteiger partial charge in [-0.2, -0.15) is 0 Å². The Labute approximate surface area is 174 Å². The smallest absolute Gasteiger partial charge is 0.119 e. The van der Waals surface area contributed by atoms with E-state index in [1.54, 1.807) is 7.11 Å². The largest absolute Gasteiger partial charge is 0.497 e. The van der Waals surface area contributed by atoms with E-state index in [-0.39, 0.29) is 6.10 Å². The van der Waals surface area contributed by atoms with Crippen molar-refractivity contribution in [1.29, 1.82) is 0 Å². The minimum Gasteiger partial charge on any atom is -0.497 e. The molecular formula is C23H35N3O3. The van der Waals surface area contributed by atoms with E-state index >= 15 is 0 Å². The molecule has 1 aliphatic rings. The second kappa shape index (κ2) is 11.4. The van der Waals surface area contributed by atoms with Crippen molar-refractivity contribution in [1.82, 2.24) is 14.4 Å². The van der Waals surface area contributed by atoms with Gasteiger partial charge in [0.05, 0.1) is 26.4 Å². The number of hydrogen-bond donors (Lipinski definition) is 1. The van der Waals surface area contributed by atoms with Gasteiger partial charge in [0.15, 0.2) is 0 Å². The molecule has 1 N–H and O–H groups in total. The van der Waals surface area contributed by atoms with Crippen LogP contribution in [0.5, 0.6) is 5.75 Å². The number of methoxy groups -OCH3 is 1. The summed E-state index contributed by atoms with van der Waals surface area (Å²) in [5, 5.41) is 10.3. The Bertz CT molecular complexity index is 728. The minimum absolute atomic E-state index is 0.290. The molecule has 0 spiro atoms. The van der Waals surface area contributed by atoms with Crippen molar-refractivity contribution in [2.75, 3.05) is 53.0 Å². The van der Waals surface area contributed by atoms with Crippen LogP contribution in [0.2, 0.25) is 0 Å². The van der Waals surface area contributed by atoms with Gasteiger partial charge < -0.3 is 19.1 Å². The molecule has 1 saturated heterocycles. The molecule has 0 saturated carbocycles. The molecule has 1 atom stereocenters. The second-order valence-corrected chi connectivity index (χ2v) is 7.73. The first-order chi connectivity index (χ1) is 14.2. The standard InChI is InChI=1S/C23H35N3O3/c1-3-22(27)19-25(11-10-24-12-14-29-15-13-24)18-21-7-5-9-26(21)17-20-6-4-8-23(16-20)28-2/h4-9,16,22,27H,3,10-15,17-19H2,1-2H3. The Balaban J connectivity index is 1.64. The van der Waals surface area contributed by atoms with Crippen molar-refractivity contribution in [3.8, 4) is 5.75 Å². The molecule has 2 aromatic rings. The number of aliphatic hydroxyl groups is 1. The van der Waals surface area contributed by atoms with Crippen molar-refractivity contribution >= 4 is 0 Å². The number of ether oxygens (including phenoxy) is 2. The van der Waals surface area contributed by atoms with Crippen LogP contribution in [0.1, 0.15) is 24.6 Å². The number of benzene rings is 1. The molecule has 1 aromatic heterocycles. The van der Waals surface area contributed by atoms with E-state index in [1.165, 1.54) is 11.3 Å². The summed E-state index contributed by atoms with van der Waals surface area (Å²) in [5.74, 6) is 0.884. The molecule has 1 fully saturated rings. The molecular weight excluding hydrogens is 366 g/mol. The van der Waals surface area contributed by atoms with Crippen LogP contribution in [-0.4, -0.2) is 78.6 Å². The van der Waals surface area contributed by atoms with E-state index < -0.39 is 0 Å². The number of aromatic nitrogens is 1. The molecule has 3 rings (SSSR count). The highest BCUT2D eigenvalue weighted by Gasteiger charge is 2.16. The number of rotatable bonds is 11. The molecule has 6 nitrogen and oxygen atoms in total. The summed E-state index contributed by atoms with van der Waals surface area (Å²) in [6.45, 7) is 9.97.